The summed E-state index contributed by atoms with van der Waals surface area (Å²) in [5.74, 6) is -0.00655. The minimum atomic E-state index is -0.157. The Kier molecular flexibility index (Phi) is 4.22. The average Bonchev–Trinajstić information content (AvgIpc) is 2.40. The van der Waals surface area contributed by atoms with Crippen molar-refractivity contribution in [3.05, 3.63) is 64.1 Å². The molecule has 0 heterocycles. The van der Waals surface area contributed by atoms with Crippen molar-refractivity contribution in [2.75, 3.05) is 0 Å². The predicted molar refractivity (Wildman–Crippen MR) is 78.1 cm³/mol. The van der Waals surface area contributed by atoms with Crippen molar-refractivity contribution in [3.63, 3.8) is 0 Å². The Morgan fingerprint density at radius 2 is 1.68 bits per heavy atom. The van der Waals surface area contributed by atoms with Crippen LogP contribution in [0.3, 0.4) is 0 Å². The number of phenolic OH excluding ortho intramolecular Hbond substituents is 1. The molecule has 0 fully saturated rings. The van der Waals surface area contributed by atoms with E-state index in [2.05, 4.69) is 21.2 Å². The van der Waals surface area contributed by atoms with Crippen LogP contribution in [0.5, 0.6) is 5.75 Å². The minimum Gasteiger partial charge on any atom is -0.508 e. The van der Waals surface area contributed by atoms with Gasteiger partial charge in [0.25, 0.3) is 5.91 Å². The Bertz CT molecular complexity index is 564. The SMILES string of the molecule is CC(NC(=O)c1ccc(O)cc1)c1ccc(Br)cc1. The summed E-state index contributed by atoms with van der Waals surface area (Å²) in [6, 6.07) is 13.9. The van der Waals surface area contributed by atoms with E-state index in [1.54, 1.807) is 12.1 Å². The number of benzene rings is 2. The van der Waals surface area contributed by atoms with Gasteiger partial charge in [-0.3, -0.25) is 4.79 Å². The number of aromatic hydroxyl groups is 1. The molecule has 0 aliphatic carbocycles. The van der Waals surface area contributed by atoms with Crippen LogP contribution >= 0.6 is 15.9 Å². The highest BCUT2D eigenvalue weighted by molar-refractivity contribution is 9.10. The lowest BCUT2D eigenvalue weighted by molar-refractivity contribution is 0.0940. The van der Waals surface area contributed by atoms with Crippen molar-refractivity contribution in [2.24, 2.45) is 0 Å². The Hall–Kier alpha value is -1.81. The Labute approximate surface area is 120 Å². The van der Waals surface area contributed by atoms with Crippen LogP contribution in [-0.2, 0) is 0 Å². The molecule has 19 heavy (non-hydrogen) atoms. The second-order valence-electron chi connectivity index (χ2n) is 4.29. The van der Waals surface area contributed by atoms with Crippen LogP contribution in [-0.4, -0.2) is 11.0 Å². The fraction of sp³-hybridized carbons (Fsp3) is 0.133. The summed E-state index contributed by atoms with van der Waals surface area (Å²) in [4.78, 5) is 12.0. The lowest BCUT2D eigenvalue weighted by atomic mass is 10.1. The summed E-state index contributed by atoms with van der Waals surface area (Å²) >= 11 is 3.38. The maximum absolute atomic E-state index is 12.0. The van der Waals surface area contributed by atoms with Crippen molar-refractivity contribution in [3.8, 4) is 5.75 Å². The van der Waals surface area contributed by atoms with Gasteiger partial charge in [-0.15, -0.1) is 0 Å². The first-order valence-corrected chi connectivity index (χ1v) is 6.71. The first-order valence-electron chi connectivity index (χ1n) is 5.91. The molecule has 0 saturated carbocycles. The zero-order chi connectivity index (χ0) is 13.8. The van der Waals surface area contributed by atoms with Crippen LogP contribution in [0.2, 0.25) is 0 Å². The van der Waals surface area contributed by atoms with Gasteiger partial charge in [0, 0.05) is 10.0 Å². The van der Waals surface area contributed by atoms with E-state index >= 15 is 0 Å². The average molecular weight is 320 g/mol. The van der Waals surface area contributed by atoms with Gasteiger partial charge in [0.15, 0.2) is 0 Å². The van der Waals surface area contributed by atoms with Crippen LogP contribution in [0.4, 0.5) is 0 Å². The topological polar surface area (TPSA) is 49.3 Å². The van der Waals surface area contributed by atoms with Crippen molar-refractivity contribution in [2.45, 2.75) is 13.0 Å². The molecule has 2 aromatic carbocycles. The highest BCUT2D eigenvalue weighted by Crippen LogP contribution is 2.17. The zero-order valence-corrected chi connectivity index (χ0v) is 12.0. The summed E-state index contributed by atoms with van der Waals surface area (Å²) in [6.07, 6.45) is 0. The Morgan fingerprint density at radius 3 is 2.26 bits per heavy atom. The van der Waals surface area contributed by atoms with E-state index in [9.17, 15) is 9.90 Å². The normalized spacial score (nSPS) is 11.9. The highest BCUT2D eigenvalue weighted by atomic mass is 79.9. The van der Waals surface area contributed by atoms with E-state index in [-0.39, 0.29) is 17.7 Å². The molecule has 0 spiro atoms. The standard InChI is InChI=1S/C15H14BrNO2/c1-10(11-2-6-13(16)7-3-11)17-15(19)12-4-8-14(18)9-5-12/h2-10,18H,1H3,(H,17,19). The zero-order valence-electron chi connectivity index (χ0n) is 10.4. The lowest BCUT2D eigenvalue weighted by Crippen LogP contribution is -2.26. The Balaban J connectivity index is 2.06. The number of phenols is 1. The first-order chi connectivity index (χ1) is 9.06. The number of nitrogens with one attached hydrogen (secondary N) is 1. The predicted octanol–water partition coefficient (Wildman–Crippen LogP) is 3.65. The molecule has 3 nitrogen and oxygen atoms in total. The maximum atomic E-state index is 12.0. The van der Waals surface area contributed by atoms with E-state index in [4.69, 9.17) is 0 Å². The van der Waals surface area contributed by atoms with Gasteiger partial charge in [-0.25, -0.2) is 0 Å². The van der Waals surface area contributed by atoms with Gasteiger partial charge >= 0.3 is 0 Å². The van der Waals surface area contributed by atoms with Crippen LogP contribution in [0.1, 0.15) is 28.9 Å². The molecule has 98 valence electrons. The summed E-state index contributed by atoms with van der Waals surface area (Å²) < 4.78 is 1.01. The quantitative estimate of drug-likeness (QED) is 0.907. The molecule has 4 heteroatoms. The van der Waals surface area contributed by atoms with Crippen molar-refractivity contribution < 1.29 is 9.90 Å². The van der Waals surface area contributed by atoms with E-state index in [0.717, 1.165) is 10.0 Å². The Morgan fingerprint density at radius 1 is 1.11 bits per heavy atom. The number of halogens is 1. The number of hydrogen-bond acceptors (Lipinski definition) is 2. The minimum absolute atomic E-state index is 0.0746. The molecular weight excluding hydrogens is 306 g/mol. The molecule has 2 aromatic rings. The molecule has 2 N–H and O–H groups in total. The molecule has 0 bridgehead atoms. The third-order valence-corrected chi connectivity index (χ3v) is 3.38. The molecular formula is C15H14BrNO2. The van der Waals surface area contributed by atoms with Crippen LogP contribution in [0.15, 0.2) is 53.0 Å². The van der Waals surface area contributed by atoms with Gasteiger partial charge in [-0.05, 0) is 48.9 Å². The third kappa shape index (κ3) is 3.58. The van der Waals surface area contributed by atoms with Crippen molar-refractivity contribution >= 4 is 21.8 Å². The van der Waals surface area contributed by atoms with Gasteiger partial charge in [-0.2, -0.15) is 0 Å². The summed E-state index contributed by atoms with van der Waals surface area (Å²) in [5, 5.41) is 12.1. The molecule has 0 radical (unpaired) electrons. The second kappa shape index (κ2) is 5.89. The van der Waals surface area contributed by atoms with Gasteiger partial charge in [-0.1, -0.05) is 28.1 Å². The van der Waals surface area contributed by atoms with E-state index in [1.165, 1.54) is 12.1 Å². The summed E-state index contributed by atoms with van der Waals surface area (Å²) in [5.41, 5.74) is 1.57. The molecule has 2 rings (SSSR count). The smallest absolute Gasteiger partial charge is 0.251 e. The van der Waals surface area contributed by atoms with Crippen LogP contribution < -0.4 is 5.32 Å². The molecule has 1 unspecified atom stereocenters. The van der Waals surface area contributed by atoms with E-state index in [1.807, 2.05) is 31.2 Å². The number of amides is 1. The van der Waals surface area contributed by atoms with Gasteiger partial charge in [0.2, 0.25) is 0 Å². The van der Waals surface area contributed by atoms with E-state index in [0.29, 0.717) is 5.56 Å². The van der Waals surface area contributed by atoms with Gasteiger partial charge in [0.1, 0.15) is 5.75 Å². The molecule has 0 aromatic heterocycles. The molecule has 0 saturated heterocycles. The third-order valence-electron chi connectivity index (χ3n) is 2.85. The van der Waals surface area contributed by atoms with Crippen molar-refractivity contribution in [1.82, 2.24) is 5.32 Å². The number of rotatable bonds is 3. The van der Waals surface area contributed by atoms with Crippen LogP contribution in [0, 0.1) is 0 Å². The maximum Gasteiger partial charge on any atom is 0.251 e. The van der Waals surface area contributed by atoms with E-state index < -0.39 is 0 Å². The lowest BCUT2D eigenvalue weighted by Gasteiger charge is -2.14. The number of carbonyl (C=O) groups excluding carboxylic acids is 1. The number of carbonyl (C=O) groups is 1. The first kappa shape index (κ1) is 13.6. The fourth-order valence-electron chi connectivity index (χ4n) is 1.73. The molecule has 1 amide bonds. The monoisotopic (exact) mass is 319 g/mol. The fourth-order valence-corrected chi connectivity index (χ4v) is 1.99. The summed E-state index contributed by atoms with van der Waals surface area (Å²) in [7, 11) is 0. The number of hydrogen-bond donors (Lipinski definition) is 2. The largest absolute Gasteiger partial charge is 0.508 e. The molecule has 0 aliphatic heterocycles. The van der Waals surface area contributed by atoms with Crippen molar-refractivity contribution in [1.29, 1.82) is 0 Å². The van der Waals surface area contributed by atoms with Gasteiger partial charge < -0.3 is 10.4 Å². The summed E-state index contributed by atoms with van der Waals surface area (Å²) in [6.45, 7) is 1.93. The molecule has 0 aliphatic rings. The second-order valence-corrected chi connectivity index (χ2v) is 5.21. The highest BCUT2D eigenvalue weighted by Gasteiger charge is 2.11. The molecule has 1 atom stereocenters. The van der Waals surface area contributed by atoms with Gasteiger partial charge in [0.05, 0.1) is 6.04 Å². The van der Waals surface area contributed by atoms with Crippen LogP contribution in [0.25, 0.3) is 0 Å².